The van der Waals surface area contributed by atoms with Crippen LogP contribution in [0.5, 0.6) is 0 Å². The Morgan fingerprint density at radius 1 is 1.44 bits per heavy atom. The number of anilines is 1. The number of hydrogen-bond acceptors (Lipinski definition) is 3. The predicted octanol–water partition coefficient (Wildman–Crippen LogP) is 2.52. The molecule has 0 aliphatic carbocycles. The maximum atomic E-state index is 12.5. The number of benzene rings is 1. The minimum Gasteiger partial charge on any atom is -0.453 e. The maximum absolute atomic E-state index is 12.5. The number of thiocarbonyl (C=S) groups is 1. The summed E-state index contributed by atoms with van der Waals surface area (Å²) in [7, 11) is 1.12. The van der Waals surface area contributed by atoms with Gasteiger partial charge in [0, 0.05) is 5.56 Å². The first-order chi connectivity index (χ1) is 8.25. The first-order valence-corrected chi connectivity index (χ1v) is 5.02. The van der Waals surface area contributed by atoms with Crippen LogP contribution in [0.3, 0.4) is 0 Å². The predicted molar refractivity (Wildman–Crippen MR) is 63.4 cm³/mol. The molecule has 0 atom stereocenters. The van der Waals surface area contributed by atoms with Crippen LogP contribution in [0, 0.1) is 0 Å². The molecule has 0 aliphatic heterocycles. The molecule has 4 nitrogen and oxygen atoms in total. The van der Waals surface area contributed by atoms with E-state index < -0.39 is 17.8 Å². The van der Waals surface area contributed by atoms with Crippen LogP contribution in [0.15, 0.2) is 18.2 Å². The van der Waals surface area contributed by atoms with E-state index in [1.165, 1.54) is 0 Å². The Hall–Kier alpha value is -1.83. The molecular formula is C10H9F3N2O2S. The Balaban J connectivity index is 3.21. The fraction of sp³-hybridized carbons (Fsp3) is 0.200. The fourth-order valence-electron chi connectivity index (χ4n) is 1.19. The zero-order chi connectivity index (χ0) is 13.9. The number of rotatable bonds is 2. The summed E-state index contributed by atoms with van der Waals surface area (Å²) in [5, 5.41) is 2.22. The highest BCUT2D eigenvalue weighted by Crippen LogP contribution is 2.31. The highest BCUT2D eigenvalue weighted by atomic mass is 32.1. The lowest BCUT2D eigenvalue weighted by molar-refractivity contribution is -0.137. The molecule has 1 rings (SSSR count). The van der Waals surface area contributed by atoms with Crippen molar-refractivity contribution in [2.45, 2.75) is 6.18 Å². The maximum Gasteiger partial charge on any atom is 0.416 e. The van der Waals surface area contributed by atoms with Gasteiger partial charge in [0.25, 0.3) is 0 Å². The van der Waals surface area contributed by atoms with E-state index in [1.807, 2.05) is 0 Å². The largest absolute Gasteiger partial charge is 0.453 e. The minimum atomic E-state index is -4.51. The van der Waals surface area contributed by atoms with Crippen LogP contribution >= 0.6 is 12.2 Å². The van der Waals surface area contributed by atoms with Crippen molar-refractivity contribution < 1.29 is 22.7 Å². The molecule has 3 N–H and O–H groups in total. The van der Waals surface area contributed by atoms with Gasteiger partial charge in [-0.25, -0.2) is 4.79 Å². The lowest BCUT2D eigenvalue weighted by Crippen LogP contribution is -2.18. The van der Waals surface area contributed by atoms with Gasteiger partial charge in [-0.2, -0.15) is 13.2 Å². The Labute approximate surface area is 106 Å². The second-order valence-electron chi connectivity index (χ2n) is 3.24. The molecule has 1 aromatic rings. The van der Waals surface area contributed by atoms with Gasteiger partial charge in [0.1, 0.15) is 4.99 Å². The van der Waals surface area contributed by atoms with Crippen LogP contribution in [0.4, 0.5) is 23.7 Å². The number of amides is 1. The van der Waals surface area contributed by atoms with E-state index in [1.54, 1.807) is 0 Å². The summed E-state index contributed by atoms with van der Waals surface area (Å²) in [5.41, 5.74) is 4.39. The molecule has 98 valence electrons. The zero-order valence-corrected chi connectivity index (χ0v) is 9.98. The smallest absolute Gasteiger partial charge is 0.416 e. The molecule has 0 unspecified atom stereocenters. The van der Waals surface area contributed by atoms with Crippen molar-refractivity contribution in [1.82, 2.24) is 0 Å². The van der Waals surface area contributed by atoms with Crippen molar-refractivity contribution in [3.05, 3.63) is 29.3 Å². The lowest BCUT2D eigenvalue weighted by atomic mass is 10.1. The zero-order valence-electron chi connectivity index (χ0n) is 9.17. The average molecular weight is 278 g/mol. The molecule has 0 saturated heterocycles. The number of carbonyl (C=O) groups excluding carboxylic acids is 1. The number of alkyl halides is 3. The Morgan fingerprint density at radius 3 is 2.50 bits per heavy atom. The highest BCUT2D eigenvalue weighted by Gasteiger charge is 2.31. The third kappa shape index (κ3) is 3.33. The standard InChI is InChI=1S/C10H9F3N2O2S/c1-17-9(16)15-7-3-2-5(10(11,12)13)4-6(7)8(14)18/h2-4H,1H3,(H2,14,18)(H,15,16). The van der Waals surface area contributed by atoms with E-state index in [2.05, 4.69) is 22.3 Å². The second-order valence-corrected chi connectivity index (χ2v) is 3.68. The van der Waals surface area contributed by atoms with Gasteiger partial charge in [0.15, 0.2) is 0 Å². The molecule has 18 heavy (non-hydrogen) atoms. The first-order valence-electron chi connectivity index (χ1n) is 4.61. The van der Waals surface area contributed by atoms with Crippen molar-refractivity contribution in [1.29, 1.82) is 0 Å². The highest BCUT2D eigenvalue weighted by molar-refractivity contribution is 7.80. The van der Waals surface area contributed by atoms with E-state index >= 15 is 0 Å². The molecule has 0 radical (unpaired) electrons. The van der Waals surface area contributed by atoms with E-state index in [-0.39, 0.29) is 16.2 Å². The number of hydrogen-bond donors (Lipinski definition) is 2. The number of nitrogens with two attached hydrogens (primary N) is 1. The average Bonchev–Trinajstić information content (AvgIpc) is 2.27. The summed E-state index contributed by atoms with van der Waals surface area (Å²) in [6.07, 6.45) is -5.34. The second kappa shape index (κ2) is 5.21. The van der Waals surface area contributed by atoms with Crippen LogP contribution in [0.2, 0.25) is 0 Å². The van der Waals surface area contributed by atoms with Crippen molar-refractivity contribution in [3.63, 3.8) is 0 Å². The van der Waals surface area contributed by atoms with E-state index in [9.17, 15) is 18.0 Å². The van der Waals surface area contributed by atoms with Gasteiger partial charge >= 0.3 is 12.3 Å². The summed E-state index contributed by atoms with van der Waals surface area (Å²) >= 11 is 4.64. The first kappa shape index (κ1) is 14.2. The Morgan fingerprint density at radius 2 is 2.06 bits per heavy atom. The molecule has 0 aliphatic rings. The van der Waals surface area contributed by atoms with Crippen LogP contribution < -0.4 is 11.1 Å². The van der Waals surface area contributed by atoms with Crippen molar-refractivity contribution in [2.75, 3.05) is 12.4 Å². The van der Waals surface area contributed by atoms with Crippen molar-refractivity contribution >= 4 is 29.0 Å². The molecular weight excluding hydrogens is 269 g/mol. The minimum absolute atomic E-state index is 0.0577. The van der Waals surface area contributed by atoms with Gasteiger partial charge in [-0.1, -0.05) is 12.2 Å². The molecule has 0 heterocycles. The number of carbonyl (C=O) groups is 1. The molecule has 1 aromatic carbocycles. The molecule has 0 bridgehead atoms. The quantitative estimate of drug-likeness (QED) is 0.816. The Bertz CT molecular complexity index is 489. The van der Waals surface area contributed by atoms with Crippen LogP contribution in [0.25, 0.3) is 0 Å². The molecule has 8 heteroatoms. The van der Waals surface area contributed by atoms with Crippen molar-refractivity contribution in [2.24, 2.45) is 5.73 Å². The summed E-state index contributed by atoms with van der Waals surface area (Å²) in [4.78, 5) is 10.7. The number of halogens is 3. The number of ether oxygens (including phenoxy) is 1. The summed E-state index contributed by atoms with van der Waals surface area (Å²) in [5.74, 6) is 0. The fourth-order valence-corrected chi connectivity index (χ4v) is 1.36. The monoisotopic (exact) mass is 278 g/mol. The van der Waals surface area contributed by atoms with E-state index in [0.29, 0.717) is 0 Å². The molecule has 0 saturated carbocycles. The molecule has 0 aromatic heterocycles. The summed E-state index contributed by atoms with van der Waals surface area (Å²) < 4.78 is 41.8. The number of methoxy groups -OCH3 is 1. The van der Waals surface area contributed by atoms with Crippen LogP contribution in [-0.4, -0.2) is 18.2 Å². The van der Waals surface area contributed by atoms with Crippen LogP contribution in [0.1, 0.15) is 11.1 Å². The third-order valence-electron chi connectivity index (χ3n) is 2.03. The van der Waals surface area contributed by atoms with Gasteiger partial charge in [0.05, 0.1) is 18.4 Å². The van der Waals surface area contributed by atoms with Crippen LogP contribution in [-0.2, 0) is 10.9 Å². The number of nitrogens with one attached hydrogen (secondary N) is 1. The molecule has 0 spiro atoms. The topological polar surface area (TPSA) is 64.3 Å². The summed E-state index contributed by atoms with van der Waals surface area (Å²) in [6.45, 7) is 0. The van der Waals surface area contributed by atoms with Gasteiger partial charge in [-0.05, 0) is 18.2 Å². The Kier molecular flexibility index (Phi) is 4.12. The lowest BCUT2D eigenvalue weighted by Gasteiger charge is -2.13. The van der Waals surface area contributed by atoms with Gasteiger partial charge in [-0.3, -0.25) is 5.32 Å². The SMILES string of the molecule is COC(=O)Nc1ccc(C(F)(F)F)cc1C(N)=S. The van der Waals surface area contributed by atoms with Gasteiger partial charge in [-0.15, -0.1) is 0 Å². The normalized spacial score (nSPS) is 10.9. The van der Waals surface area contributed by atoms with E-state index in [0.717, 1.165) is 25.3 Å². The van der Waals surface area contributed by atoms with Gasteiger partial charge < -0.3 is 10.5 Å². The van der Waals surface area contributed by atoms with Gasteiger partial charge in [0.2, 0.25) is 0 Å². The van der Waals surface area contributed by atoms with E-state index in [4.69, 9.17) is 5.73 Å². The summed E-state index contributed by atoms with van der Waals surface area (Å²) in [6, 6.07) is 2.65. The molecule has 1 amide bonds. The third-order valence-corrected chi connectivity index (χ3v) is 2.25. The molecule has 0 fully saturated rings. The van der Waals surface area contributed by atoms with Crippen molar-refractivity contribution in [3.8, 4) is 0 Å².